The van der Waals surface area contributed by atoms with Gasteiger partial charge in [-0.05, 0) is 24.1 Å². The first kappa shape index (κ1) is 9.65. The first-order valence-electron chi connectivity index (χ1n) is 4.65. The van der Waals surface area contributed by atoms with Crippen molar-refractivity contribution in [1.29, 1.82) is 0 Å². The van der Waals surface area contributed by atoms with E-state index in [1.165, 1.54) is 6.07 Å². The second-order valence-corrected chi connectivity index (χ2v) is 3.40. The van der Waals surface area contributed by atoms with E-state index in [1.54, 1.807) is 0 Å². The summed E-state index contributed by atoms with van der Waals surface area (Å²) in [4.78, 5) is 3.80. The fourth-order valence-corrected chi connectivity index (χ4v) is 1.54. The molecule has 0 unspecified atom stereocenters. The van der Waals surface area contributed by atoms with Crippen molar-refractivity contribution in [2.45, 2.75) is 6.92 Å². The highest BCUT2D eigenvalue weighted by Gasteiger charge is 2.07. The van der Waals surface area contributed by atoms with Gasteiger partial charge in [0, 0.05) is 5.56 Å². The van der Waals surface area contributed by atoms with Crippen LogP contribution in [0.4, 0.5) is 10.2 Å². The lowest BCUT2D eigenvalue weighted by atomic mass is 10.0. The first-order chi connectivity index (χ1) is 7.18. The molecule has 0 aliphatic carbocycles. The minimum atomic E-state index is -0.373. The lowest BCUT2D eigenvalue weighted by Crippen LogP contribution is -1.96. The molecule has 2 rings (SSSR count). The first-order valence-corrected chi connectivity index (χ1v) is 4.65. The van der Waals surface area contributed by atoms with Gasteiger partial charge in [-0.15, -0.1) is 0 Å². The van der Waals surface area contributed by atoms with Crippen LogP contribution in [0, 0.1) is 12.7 Å². The zero-order valence-electron chi connectivity index (χ0n) is 8.37. The van der Waals surface area contributed by atoms with Crippen LogP contribution in [0.1, 0.15) is 5.56 Å². The summed E-state index contributed by atoms with van der Waals surface area (Å²) in [6, 6.07) is 9.10. The third-order valence-electron chi connectivity index (χ3n) is 2.32. The third-order valence-corrected chi connectivity index (χ3v) is 2.32. The molecule has 0 atom stereocenters. The Morgan fingerprint density at radius 3 is 2.67 bits per heavy atom. The Labute approximate surface area is 87.6 Å². The summed E-state index contributed by atoms with van der Waals surface area (Å²) in [7, 11) is 0. The smallest absolute Gasteiger partial charge is 0.142 e. The maximum Gasteiger partial charge on any atom is 0.142 e. The summed E-state index contributed by atoms with van der Waals surface area (Å²) < 4.78 is 13.0. The van der Waals surface area contributed by atoms with E-state index in [9.17, 15) is 4.39 Å². The number of nitrogens with two attached hydrogens (primary N) is 1. The molecule has 0 aliphatic heterocycles. The SMILES string of the molecule is Cc1ccccc1-c1cc(F)cnc1N. The molecule has 0 saturated carbocycles. The number of rotatable bonds is 1. The molecule has 0 fully saturated rings. The van der Waals surface area contributed by atoms with Crippen molar-refractivity contribution in [3.63, 3.8) is 0 Å². The average molecular weight is 202 g/mol. The van der Waals surface area contributed by atoms with Crippen molar-refractivity contribution in [3.05, 3.63) is 47.9 Å². The Morgan fingerprint density at radius 2 is 1.93 bits per heavy atom. The third kappa shape index (κ3) is 1.81. The minimum Gasteiger partial charge on any atom is -0.383 e. The van der Waals surface area contributed by atoms with Crippen LogP contribution < -0.4 is 5.73 Å². The molecule has 2 nitrogen and oxygen atoms in total. The molecule has 0 saturated heterocycles. The number of benzene rings is 1. The van der Waals surface area contributed by atoms with Crippen LogP contribution in [0.2, 0.25) is 0 Å². The van der Waals surface area contributed by atoms with Gasteiger partial charge in [-0.2, -0.15) is 0 Å². The molecule has 2 aromatic rings. The maximum atomic E-state index is 13.0. The van der Waals surface area contributed by atoms with Crippen LogP contribution >= 0.6 is 0 Å². The molecule has 2 N–H and O–H groups in total. The molecule has 15 heavy (non-hydrogen) atoms. The molecule has 0 amide bonds. The second kappa shape index (κ2) is 3.69. The van der Waals surface area contributed by atoms with E-state index < -0.39 is 0 Å². The molecule has 0 spiro atoms. The Balaban J connectivity index is 2.64. The monoisotopic (exact) mass is 202 g/mol. The number of aryl methyl sites for hydroxylation is 1. The maximum absolute atomic E-state index is 13.0. The summed E-state index contributed by atoms with van der Waals surface area (Å²) in [6.07, 6.45) is 1.12. The van der Waals surface area contributed by atoms with Gasteiger partial charge in [0.1, 0.15) is 11.6 Å². The molecule has 0 bridgehead atoms. The van der Waals surface area contributed by atoms with Gasteiger partial charge in [0.05, 0.1) is 6.20 Å². The molecule has 3 heteroatoms. The molecule has 76 valence electrons. The van der Waals surface area contributed by atoms with E-state index in [1.807, 2.05) is 31.2 Å². The van der Waals surface area contributed by atoms with Gasteiger partial charge in [-0.3, -0.25) is 0 Å². The Kier molecular flexibility index (Phi) is 2.37. The molecule has 0 aliphatic rings. The Hall–Kier alpha value is -1.90. The van der Waals surface area contributed by atoms with Crippen molar-refractivity contribution in [1.82, 2.24) is 4.98 Å². The number of anilines is 1. The van der Waals surface area contributed by atoms with Crippen molar-refractivity contribution in [2.75, 3.05) is 5.73 Å². The normalized spacial score (nSPS) is 10.3. The molecular weight excluding hydrogens is 191 g/mol. The van der Waals surface area contributed by atoms with E-state index in [-0.39, 0.29) is 5.82 Å². The number of nitrogen functional groups attached to an aromatic ring is 1. The van der Waals surface area contributed by atoms with Crippen LogP contribution in [-0.2, 0) is 0 Å². The lowest BCUT2D eigenvalue weighted by molar-refractivity contribution is 0.622. The molecule has 1 heterocycles. The van der Waals surface area contributed by atoms with E-state index >= 15 is 0 Å². The molecule has 1 aromatic heterocycles. The Morgan fingerprint density at radius 1 is 1.20 bits per heavy atom. The number of hydrogen-bond acceptors (Lipinski definition) is 2. The van der Waals surface area contributed by atoms with Crippen LogP contribution in [0.5, 0.6) is 0 Å². The highest BCUT2D eigenvalue weighted by molar-refractivity contribution is 5.75. The van der Waals surface area contributed by atoms with Crippen molar-refractivity contribution in [3.8, 4) is 11.1 Å². The summed E-state index contributed by atoms with van der Waals surface area (Å²) in [5, 5.41) is 0. The largest absolute Gasteiger partial charge is 0.383 e. The second-order valence-electron chi connectivity index (χ2n) is 3.40. The van der Waals surface area contributed by atoms with E-state index in [0.717, 1.165) is 17.3 Å². The number of hydrogen-bond donors (Lipinski definition) is 1. The van der Waals surface area contributed by atoms with Gasteiger partial charge < -0.3 is 5.73 Å². The lowest BCUT2D eigenvalue weighted by Gasteiger charge is -2.07. The van der Waals surface area contributed by atoms with E-state index in [4.69, 9.17) is 5.73 Å². The van der Waals surface area contributed by atoms with Crippen molar-refractivity contribution in [2.24, 2.45) is 0 Å². The predicted molar refractivity (Wildman–Crippen MR) is 58.8 cm³/mol. The summed E-state index contributed by atoms with van der Waals surface area (Å²) in [5.41, 5.74) is 8.33. The number of halogens is 1. The summed E-state index contributed by atoms with van der Waals surface area (Å²) in [6.45, 7) is 1.96. The quantitative estimate of drug-likeness (QED) is 0.772. The summed E-state index contributed by atoms with van der Waals surface area (Å²) >= 11 is 0. The van der Waals surface area contributed by atoms with E-state index in [0.29, 0.717) is 11.4 Å². The van der Waals surface area contributed by atoms with Crippen molar-refractivity contribution < 1.29 is 4.39 Å². The number of nitrogens with zero attached hydrogens (tertiary/aromatic N) is 1. The fraction of sp³-hybridized carbons (Fsp3) is 0.0833. The van der Waals surface area contributed by atoms with Crippen LogP contribution in [0.3, 0.4) is 0 Å². The summed E-state index contributed by atoms with van der Waals surface area (Å²) in [5.74, 6) is -0.0202. The zero-order valence-corrected chi connectivity index (χ0v) is 8.37. The molecule has 0 radical (unpaired) electrons. The van der Waals surface area contributed by atoms with Gasteiger partial charge in [0.25, 0.3) is 0 Å². The zero-order chi connectivity index (χ0) is 10.8. The van der Waals surface area contributed by atoms with Gasteiger partial charge in [0.2, 0.25) is 0 Å². The number of aromatic nitrogens is 1. The van der Waals surface area contributed by atoms with Gasteiger partial charge in [-0.25, -0.2) is 9.37 Å². The predicted octanol–water partition coefficient (Wildman–Crippen LogP) is 2.78. The highest BCUT2D eigenvalue weighted by Crippen LogP contribution is 2.27. The fourth-order valence-electron chi connectivity index (χ4n) is 1.54. The van der Waals surface area contributed by atoms with Crippen LogP contribution in [0.15, 0.2) is 36.5 Å². The molecule has 1 aromatic carbocycles. The van der Waals surface area contributed by atoms with Gasteiger partial charge in [0.15, 0.2) is 0 Å². The molecular formula is C12H11FN2. The van der Waals surface area contributed by atoms with Gasteiger partial charge >= 0.3 is 0 Å². The minimum absolute atomic E-state index is 0.353. The topological polar surface area (TPSA) is 38.9 Å². The van der Waals surface area contributed by atoms with Crippen LogP contribution in [0.25, 0.3) is 11.1 Å². The standard InChI is InChI=1S/C12H11FN2/c1-8-4-2-3-5-10(8)11-6-9(13)7-15-12(11)14/h2-7H,1H3,(H2,14,15). The highest BCUT2D eigenvalue weighted by atomic mass is 19.1. The van der Waals surface area contributed by atoms with Crippen molar-refractivity contribution >= 4 is 5.82 Å². The van der Waals surface area contributed by atoms with Crippen LogP contribution in [-0.4, -0.2) is 4.98 Å². The Bertz CT molecular complexity index is 495. The average Bonchev–Trinajstić information content (AvgIpc) is 2.23. The van der Waals surface area contributed by atoms with E-state index in [2.05, 4.69) is 4.98 Å². The number of pyridine rings is 1. The van der Waals surface area contributed by atoms with Gasteiger partial charge in [-0.1, -0.05) is 24.3 Å².